The van der Waals surface area contributed by atoms with Gasteiger partial charge in [-0.25, -0.2) is 0 Å². The summed E-state index contributed by atoms with van der Waals surface area (Å²) in [5.41, 5.74) is 0. The highest BCUT2D eigenvalue weighted by Gasteiger charge is 2.20. The van der Waals surface area contributed by atoms with Crippen LogP contribution >= 0.6 is 0 Å². The molecule has 0 aliphatic carbocycles. The van der Waals surface area contributed by atoms with Crippen molar-refractivity contribution in [1.29, 1.82) is 0 Å². The molecule has 0 unspecified atom stereocenters. The number of amides is 1. The van der Waals surface area contributed by atoms with Gasteiger partial charge < -0.3 is 19.1 Å². The molecule has 0 radical (unpaired) electrons. The maximum Gasteiger partial charge on any atom is 0.279 e. The molecule has 0 atom stereocenters. The fraction of sp³-hybridized carbons (Fsp3) is 0.889. The fourth-order valence-electron chi connectivity index (χ4n) is 0.250. The largest absolute Gasteiger partial charge is 0.349 e. The molecule has 0 fully saturated rings. The first-order valence-electron chi connectivity index (χ1n) is 4.16. The van der Waals surface area contributed by atoms with E-state index in [4.69, 9.17) is 14.2 Å². The van der Waals surface area contributed by atoms with Gasteiger partial charge in [-0.2, -0.15) is 0 Å². The molecule has 0 rings (SSSR count). The first-order valence-corrected chi connectivity index (χ1v) is 4.16. The number of methoxy groups -OCH3 is 3. The van der Waals surface area contributed by atoms with Gasteiger partial charge in [0.05, 0.1) is 0 Å². The van der Waals surface area contributed by atoms with Crippen LogP contribution in [0.3, 0.4) is 0 Å². The van der Waals surface area contributed by atoms with Crippen LogP contribution in [0.5, 0.6) is 0 Å². The maximum absolute atomic E-state index is 10.1. The Morgan fingerprint density at radius 2 is 1.29 bits per heavy atom. The Kier molecular flexibility index (Phi) is 8.72. The summed E-state index contributed by atoms with van der Waals surface area (Å²) in [7, 11) is 8.01. The van der Waals surface area contributed by atoms with Crippen molar-refractivity contribution in [2.75, 3.05) is 35.4 Å². The summed E-state index contributed by atoms with van der Waals surface area (Å²) in [5, 5.41) is 0. The van der Waals surface area contributed by atoms with Crippen molar-refractivity contribution >= 4 is 5.91 Å². The monoisotopic (exact) mass is 207 g/mol. The Hall–Kier alpha value is -0.650. The average Bonchev–Trinajstić information content (AvgIpc) is 2.17. The highest BCUT2D eigenvalue weighted by molar-refractivity contribution is 5.72. The Bertz CT molecular complexity index is 147. The van der Waals surface area contributed by atoms with Crippen molar-refractivity contribution in [2.24, 2.45) is 0 Å². The number of nitrogens with zero attached hydrogens (tertiary/aromatic N) is 1. The van der Waals surface area contributed by atoms with Crippen LogP contribution < -0.4 is 0 Å². The molecule has 0 N–H and O–H groups in total. The second-order valence-corrected chi connectivity index (χ2v) is 2.89. The van der Waals surface area contributed by atoms with E-state index >= 15 is 0 Å². The lowest BCUT2D eigenvalue weighted by molar-refractivity contribution is -0.340. The molecular weight excluding hydrogens is 186 g/mol. The molecule has 0 aliphatic heterocycles. The highest BCUT2D eigenvalue weighted by atomic mass is 16.9. The van der Waals surface area contributed by atoms with E-state index in [1.807, 2.05) is 0 Å². The molecular formula is C9H21NO4. The van der Waals surface area contributed by atoms with Gasteiger partial charge in [0.1, 0.15) is 0 Å². The lowest BCUT2D eigenvalue weighted by atomic mass is 10.6. The molecule has 1 amide bonds. The smallest absolute Gasteiger partial charge is 0.279 e. The molecule has 0 bridgehead atoms. The van der Waals surface area contributed by atoms with Gasteiger partial charge in [0.2, 0.25) is 5.91 Å². The van der Waals surface area contributed by atoms with Gasteiger partial charge in [-0.1, -0.05) is 0 Å². The Labute approximate surface area is 85.9 Å². The van der Waals surface area contributed by atoms with Gasteiger partial charge in [-0.05, 0) is 0 Å². The maximum atomic E-state index is 10.1. The van der Waals surface area contributed by atoms with Crippen molar-refractivity contribution < 1.29 is 19.0 Å². The number of carbonyl (C=O) groups excluding carboxylic acids is 1. The topological polar surface area (TPSA) is 48.0 Å². The van der Waals surface area contributed by atoms with E-state index in [-0.39, 0.29) is 5.91 Å². The van der Waals surface area contributed by atoms with Crippen LogP contribution in [0.4, 0.5) is 0 Å². The van der Waals surface area contributed by atoms with Crippen LogP contribution in [-0.4, -0.2) is 52.2 Å². The first-order chi connectivity index (χ1) is 6.32. The van der Waals surface area contributed by atoms with E-state index in [9.17, 15) is 4.79 Å². The standard InChI is InChI=1S/C5H12O3.C4H9NO/c1-5(6-2,7-3)8-4;1-4(6)5(2)3/h1-4H3;1-3H3. The van der Waals surface area contributed by atoms with Gasteiger partial charge >= 0.3 is 0 Å². The number of ether oxygens (including phenoxy) is 3. The summed E-state index contributed by atoms with van der Waals surface area (Å²) in [6, 6.07) is 0. The summed E-state index contributed by atoms with van der Waals surface area (Å²) in [6.07, 6.45) is 0. The number of carbonyl (C=O) groups is 1. The quantitative estimate of drug-likeness (QED) is 0.639. The SMILES string of the molecule is CC(=O)N(C)C.COC(C)(OC)OC. The minimum absolute atomic E-state index is 0.0926. The molecule has 5 heteroatoms. The molecule has 86 valence electrons. The van der Waals surface area contributed by atoms with Crippen LogP contribution in [0.15, 0.2) is 0 Å². The van der Waals surface area contributed by atoms with Crippen molar-refractivity contribution in [1.82, 2.24) is 4.90 Å². The summed E-state index contributed by atoms with van der Waals surface area (Å²) >= 11 is 0. The van der Waals surface area contributed by atoms with E-state index in [2.05, 4.69) is 0 Å². The molecule has 0 heterocycles. The summed E-state index contributed by atoms with van der Waals surface area (Å²) in [6.45, 7) is 3.22. The molecule has 0 aromatic carbocycles. The highest BCUT2D eigenvalue weighted by Crippen LogP contribution is 2.08. The molecule has 0 aromatic heterocycles. The van der Waals surface area contributed by atoms with Crippen molar-refractivity contribution in [3.8, 4) is 0 Å². The van der Waals surface area contributed by atoms with E-state index in [1.165, 1.54) is 33.2 Å². The predicted molar refractivity (Wildman–Crippen MR) is 53.8 cm³/mol. The third-order valence-electron chi connectivity index (χ3n) is 1.74. The number of rotatable bonds is 3. The van der Waals surface area contributed by atoms with Gasteiger partial charge in [0.25, 0.3) is 5.97 Å². The van der Waals surface area contributed by atoms with E-state index in [0.29, 0.717) is 0 Å². The van der Waals surface area contributed by atoms with Gasteiger partial charge in [0.15, 0.2) is 0 Å². The van der Waals surface area contributed by atoms with E-state index < -0.39 is 5.97 Å². The molecule has 14 heavy (non-hydrogen) atoms. The molecule has 0 saturated carbocycles. The van der Waals surface area contributed by atoms with Crippen LogP contribution in [-0.2, 0) is 19.0 Å². The summed E-state index contributed by atoms with van der Waals surface area (Å²) in [5.74, 6) is -0.782. The number of hydrogen-bond acceptors (Lipinski definition) is 4. The molecule has 0 spiro atoms. The lowest BCUT2D eigenvalue weighted by Gasteiger charge is -2.23. The second-order valence-electron chi connectivity index (χ2n) is 2.89. The van der Waals surface area contributed by atoms with Crippen molar-refractivity contribution in [3.05, 3.63) is 0 Å². The van der Waals surface area contributed by atoms with Crippen molar-refractivity contribution in [3.63, 3.8) is 0 Å². The third-order valence-corrected chi connectivity index (χ3v) is 1.74. The van der Waals surface area contributed by atoms with Crippen LogP contribution in [0.25, 0.3) is 0 Å². The predicted octanol–water partition coefficient (Wildman–Crippen LogP) is 0.694. The third kappa shape index (κ3) is 7.97. The normalized spacial score (nSPS) is 10.2. The average molecular weight is 207 g/mol. The lowest BCUT2D eigenvalue weighted by Crippen LogP contribution is -2.31. The Balaban J connectivity index is 0. The molecule has 5 nitrogen and oxygen atoms in total. The fourth-order valence-corrected chi connectivity index (χ4v) is 0.250. The Morgan fingerprint density at radius 3 is 1.29 bits per heavy atom. The zero-order valence-electron chi connectivity index (χ0n) is 10.1. The van der Waals surface area contributed by atoms with Crippen LogP contribution in [0.1, 0.15) is 13.8 Å². The van der Waals surface area contributed by atoms with Gasteiger partial charge in [0, 0.05) is 49.3 Å². The van der Waals surface area contributed by atoms with Crippen molar-refractivity contribution in [2.45, 2.75) is 19.8 Å². The summed E-state index contributed by atoms with van der Waals surface area (Å²) < 4.78 is 14.4. The minimum atomic E-state index is -0.875. The summed E-state index contributed by atoms with van der Waals surface area (Å²) in [4.78, 5) is 11.6. The second kappa shape index (κ2) is 7.73. The first kappa shape index (κ1) is 15.8. The molecule has 0 aliphatic rings. The van der Waals surface area contributed by atoms with Gasteiger partial charge in [-0.15, -0.1) is 0 Å². The Morgan fingerprint density at radius 1 is 1.07 bits per heavy atom. The molecule has 0 aromatic rings. The molecule has 0 saturated heterocycles. The van der Waals surface area contributed by atoms with Crippen LogP contribution in [0, 0.1) is 0 Å². The zero-order valence-corrected chi connectivity index (χ0v) is 10.1. The van der Waals surface area contributed by atoms with E-state index in [1.54, 1.807) is 21.0 Å². The number of hydrogen-bond donors (Lipinski definition) is 0. The minimum Gasteiger partial charge on any atom is -0.349 e. The van der Waals surface area contributed by atoms with Gasteiger partial charge in [-0.3, -0.25) is 4.79 Å². The van der Waals surface area contributed by atoms with E-state index in [0.717, 1.165) is 0 Å². The van der Waals surface area contributed by atoms with Crippen LogP contribution in [0.2, 0.25) is 0 Å². The zero-order chi connectivity index (χ0) is 11.8.